The van der Waals surface area contributed by atoms with E-state index in [-0.39, 0.29) is 28.8 Å². The van der Waals surface area contributed by atoms with Crippen LogP contribution in [0.1, 0.15) is 41.8 Å². The van der Waals surface area contributed by atoms with E-state index in [4.69, 9.17) is 9.57 Å². The van der Waals surface area contributed by atoms with Gasteiger partial charge in [-0.25, -0.2) is 9.78 Å². The lowest BCUT2D eigenvalue weighted by molar-refractivity contribution is -0.154. The number of β-lactam (4-membered cyclic amide) rings is 1. The van der Waals surface area contributed by atoms with Crippen LogP contribution in [-0.4, -0.2) is 68.5 Å². The molecular weight excluding hydrogens is 709 g/mol. The average Bonchev–Trinajstić information content (AvgIpc) is 3.63. The van der Waals surface area contributed by atoms with Gasteiger partial charge < -0.3 is 20.2 Å². The van der Waals surface area contributed by atoms with Crippen LogP contribution in [0, 0.1) is 0 Å². The minimum atomic E-state index is -0.968. The van der Waals surface area contributed by atoms with Crippen LogP contribution in [0.15, 0.2) is 112 Å². The molecule has 0 bridgehead atoms. The van der Waals surface area contributed by atoms with Gasteiger partial charge in [-0.2, -0.15) is 0 Å². The number of ether oxygens (including phenoxy) is 1. The topological polar surface area (TPSA) is 152 Å². The van der Waals surface area contributed by atoms with Crippen LogP contribution >= 0.6 is 34.9 Å². The Bertz CT molecular complexity index is 1920. The Kier molecular flexibility index (Phi) is 11.9. The summed E-state index contributed by atoms with van der Waals surface area (Å²) in [4.78, 5) is 68.4. The first-order valence-electron chi connectivity index (χ1n) is 15.9. The molecule has 2 aliphatic rings. The van der Waals surface area contributed by atoms with Gasteiger partial charge in [0.25, 0.3) is 11.8 Å². The fourth-order valence-electron chi connectivity index (χ4n) is 5.20. The van der Waals surface area contributed by atoms with E-state index in [1.54, 1.807) is 17.8 Å². The van der Waals surface area contributed by atoms with Gasteiger partial charge in [-0.3, -0.25) is 24.3 Å². The van der Waals surface area contributed by atoms with Crippen molar-refractivity contribution in [3.8, 4) is 0 Å². The summed E-state index contributed by atoms with van der Waals surface area (Å²) >= 11 is 3.85. The SMILES string of the molecule is CCCON=C(C(=O)NC1C(=O)N2C(C(=O)OC(c3ccccc3)c3ccccc3)=C(S/C=C\c3cccnc3)CS[C@H]12)c1csc(NC=O)n1. The predicted octanol–water partition coefficient (Wildman–Crippen LogP) is 5.59. The molecule has 2 aromatic carbocycles. The highest BCUT2D eigenvalue weighted by Gasteiger charge is 2.55. The van der Waals surface area contributed by atoms with Gasteiger partial charge >= 0.3 is 5.97 Å². The molecule has 12 nitrogen and oxygen atoms in total. The first-order valence-corrected chi connectivity index (χ1v) is 18.7. The first-order chi connectivity index (χ1) is 25.0. The molecule has 51 heavy (non-hydrogen) atoms. The van der Waals surface area contributed by atoms with E-state index in [0.29, 0.717) is 23.5 Å². The Morgan fingerprint density at radius 1 is 1.10 bits per heavy atom. The number of hydrogen-bond donors (Lipinski definition) is 2. The number of amides is 3. The largest absolute Gasteiger partial charge is 0.448 e. The van der Waals surface area contributed by atoms with E-state index >= 15 is 0 Å². The third kappa shape index (κ3) is 8.39. The lowest BCUT2D eigenvalue weighted by Crippen LogP contribution is -2.71. The van der Waals surface area contributed by atoms with Crippen LogP contribution in [0.25, 0.3) is 6.08 Å². The number of hydrogen-bond acceptors (Lipinski definition) is 12. The highest BCUT2D eigenvalue weighted by molar-refractivity contribution is 8.08. The van der Waals surface area contributed by atoms with Gasteiger partial charge in [-0.15, -0.1) is 23.1 Å². The number of benzene rings is 2. The Morgan fingerprint density at radius 2 is 1.84 bits per heavy atom. The number of nitrogens with one attached hydrogen (secondary N) is 2. The molecule has 0 radical (unpaired) electrons. The number of rotatable bonds is 15. The van der Waals surface area contributed by atoms with Crippen LogP contribution in [0.2, 0.25) is 0 Å². The second-order valence-corrected chi connectivity index (χ2v) is 14.0. The van der Waals surface area contributed by atoms with E-state index < -0.39 is 35.3 Å². The molecule has 2 aliphatic heterocycles. The average molecular weight is 741 g/mol. The van der Waals surface area contributed by atoms with Crippen molar-refractivity contribution < 1.29 is 28.8 Å². The molecule has 260 valence electrons. The molecule has 1 saturated heterocycles. The fourth-order valence-corrected chi connectivity index (χ4v) is 8.21. The molecule has 2 atom stereocenters. The van der Waals surface area contributed by atoms with Crippen LogP contribution in [0.4, 0.5) is 5.13 Å². The summed E-state index contributed by atoms with van der Waals surface area (Å²) in [5.41, 5.74) is 2.57. The molecule has 2 aromatic heterocycles. The number of carbonyl (C=O) groups is 4. The molecule has 3 amide bonds. The third-order valence-electron chi connectivity index (χ3n) is 7.59. The van der Waals surface area contributed by atoms with Crippen LogP contribution < -0.4 is 10.6 Å². The molecule has 1 unspecified atom stereocenters. The number of nitrogens with zero attached hydrogens (tertiary/aromatic N) is 4. The second kappa shape index (κ2) is 17.1. The van der Waals surface area contributed by atoms with Gasteiger partial charge in [0.1, 0.15) is 29.4 Å². The number of carbonyl (C=O) groups excluding carboxylic acids is 4. The highest BCUT2D eigenvalue weighted by Crippen LogP contribution is 2.45. The molecule has 1 fully saturated rings. The van der Waals surface area contributed by atoms with Crippen molar-refractivity contribution >= 4 is 76.0 Å². The number of thiazole rings is 1. The van der Waals surface area contributed by atoms with Gasteiger partial charge in [-0.05, 0) is 40.7 Å². The Balaban J connectivity index is 1.28. The van der Waals surface area contributed by atoms with Gasteiger partial charge in [0.05, 0.1) is 0 Å². The van der Waals surface area contributed by atoms with Gasteiger partial charge in [0, 0.05) is 28.4 Å². The number of aromatic nitrogens is 2. The summed E-state index contributed by atoms with van der Waals surface area (Å²) in [6, 6.07) is 21.6. The Hall–Kier alpha value is -5.25. The summed E-state index contributed by atoms with van der Waals surface area (Å²) in [6.45, 7) is 2.15. The quantitative estimate of drug-likeness (QED) is 0.0395. The van der Waals surface area contributed by atoms with E-state index in [0.717, 1.165) is 28.0 Å². The monoisotopic (exact) mass is 740 g/mol. The lowest BCUT2D eigenvalue weighted by atomic mass is 10.0. The van der Waals surface area contributed by atoms with Crippen molar-refractivity contribution in [3.05, 3.63) is 129 Å². The minimum Gasteiger partial charge on any atom is -0.448 e. The summed E-state index contributed by atoms with van der Waals surface area (Å²) in [7, 11) is 0. The van der Waals surface area contributed by atoms with Crippen molar-refractivity contribution in [2.45, 2.75) is 30.9 Å². The predicted molar refractivity (Wildman–Crippen MR) is 198 cm³/mol. The molecule has 2 N–H and O–H groups in total. The molecule has 0 spiro atoms. The van der Waals surface area contributed by atoms with E-state index in [1.807, 2.05) is 91.2 Å². The van der Waals surface area contributed by atoms with Crippen molar-refractivity contribution in [1.82, 2.24) is 20.2 Å². The molecular formula is C36H32N6O6S3. The van der Waals surface area contributed by atoms with Gasteiger partial charge in [0.15, 0.2) is 16.9 Å². The van der Waals surface area contributed by atoms with Crippen LogP contribution in [0.3, 0.4) is 0 Å². The summed E-state index contributed by atoms with van der Waals surface area (Å²) < 4.78 is 6.24. The number of thioether (sulfide) groups is 2. The normalized spacial score (nSPS) is 17.2. The molecule has 15 heteroatoms. The number of fused-ring (bicyclic) bond motifs is 1. The number of esters is 1. The molecule has 0 aliphatic carbocycles. The van der Waals surface area contributed by atoms with Crippen molar-refractivity contribution in [1.29, 1.82) is 0 Å². The Morgan fingerprint density at radius 3 is 2.51 bits per heavy atom. The zero-order valence-electron chi connectivity index (χ0n) is 27.2. The van der Waals surface area contributed by atoms with Crippen molar-refractivity contribution in [2.24, 2.45) is 5.16 Å². The molecule has 0 saturated carbocycles. The summed E-state index contributed by atoms with van der Waals surface area (Å²) in [5, 5.41) is 12.3. The lowest BCUT2D eigenvalue weighted by Gasteiger charge is -2.49. The van der Waals surface area contributed by atoms with Crippen molar-refractivity contribution in [2.75, 3.05) is 17.7 Å². The smallest absolute Gasteiger partial charge is 0.356 e. The van der Waals surface area contributed by atoms with E-state index in [2.05, 4.69) is 25.8 Å². The van der Waals surface area contributed by atoms with Crippen LogP contribution in [0.5, 0.6) is 0 Å². The summed E-state index contributed by atoms with van der Waals surface area (Å²) in [5.74, 6) is -1.45. The first kappa shape index (κ1) is 35.6. The number of pyridine rings is 1. The fraction of sp³-hybridized carbons (Fsp3) is 0.194. The number of oxime groups is 1. The van der Waals surface area contributed by atoms with E-state index in [1.165, 1.54) is 28.4 Å². The van der Waals surface area contributed by atoms with Gasteiger partial charge in [0.2, 0.25) is 6.41 Å². The van der Waals surface area contributed by atoms with Gasteiger partial charge in [-0.1, -0.05) is 90.6 Å². The zero-order chi connectivity index (χ0) is 35.6. The zero-order valence-corrected chi connectivity index (χ0v) is 29.7. The van der Waals surface area contributed by atoms with Crippen molar-refractivity contribution in [3.63, 3.8) is 0 Å². The maximum absolute atomic E-state index is 14.3. The Labute approximate surface area is 306 Å². The summed E-state index contributed by atoms with van der Waals surface area (Å²) in [6.07, 6.45) is 5.68. The minimum absolute atomic E-state index is 0.121. The number of anilines is 1. The molecule has 4 heterocycles. The maximum Gasteiger partial charge on any atom is 0.356 e. The molecule has 4 aromatic rings. The standard InChI is InChI=1S/C36H32N6O6S3/c1-2-17-47-41-28(26-20-51-36(39-26)38-22-43)32(44)40-29-33(45)42-30(27(21-50-34(29)42)49-18-15-23-10-9-16-37-19-23)35(46)48-31(24-11-5-3-6-12-24)25-13-7-4-8-14-25/h3-16,18-20,22,29,31,34H,2,17,21H2,1H3,(H,40,44)(H,38,39,43)/b18-15-,41-28?/t29?,34-/m1/s1. The maximum atomic E-state index is 14.3. The molecule has 6 rings (SSSR count). The third-order valence-corrected chi connectivity index (χ3v) is 10.7. The second-order valence-electron chi connectivity index (χ2n) is 11.0. The van der Waals surface area contributed by atoms with Crippen LogP contribution in [-0.2, 0) is 28.8 Å². The van der Waals surface area contributed by atoms with E-state index in [9.17, 15) is 19.2 Å². The highest BCUT2D eigenvalue weighted by atomic mass is 32.2.